The van der Waals surface area contributed by atoms with Crippen LogP contribution in [-0.2, 0) is 15.2 Å². The van der Waals surface area contributed by atoms with E-state index in [-0.39, 0.29) is 18.2 Å². The van der Waals surface area contributed by atoms with Gasteiger partial charge in [-0.1, -0.05) is 30.3 Å². The summed E-state index contributed by atoms with van der Waals surface area (Å²) in [5.74, 6) is -0.311. The molecule has 2 rings (SSSR count). The zero-order chi connectivity index (χ0) is 16.2. The molecule has 0 aliphatic carbocycles. The number of likely N-dealkylation sites (N-methyl/N-ethyl adjacent to an activating group) is 1. The third kappa shape index (κ3) is 3.65. The molecule has 22 heavy (non-hydrogen) atoms. The topological polar surface area (TPSA) is 69.6 Å². The molecule has 0 spiro atoms. The summed E-state index contributed by atoms with van der Waals surface area (Å²) in [6, 6.07) is 8.73. The van der Waals surface area contributed by atoms with Crippen molar-refractivity contribution in [3.63, 3.8) is 0 Å². The lowest BCUT2D eigenvalue weighted by atomic mass is 9.91. The number of rotatable bonds is 4. The fourth-order valence-corrected chi connectivity index (χ4v) is 2.96. The average molecular weight is 304 g/mol. The Morgan fingerprint density at radius 3 is 2.64 bits per heavy atom. The van der Waals surface area contributed by atoms with Gasteiger partial charge in [0.05, 0.1) is 12.0 Å². The molecule has 0 radical (unpaired) electrons. The molecular weight excluding hydrogens is 280 g/mol. The van der Waals surface area contributed by atoms with Gasteiger partial charge in [0.2, 0.25) is 11.8 Å². The SMILES string of the molecule is CNC(=O)C1CCCCN1C(=O)CC(C)(O)c1ccccc1. The van der Waals surface area contributed by atoms with E-state index in [4.69, 9.17) is 0 Å². The summed E-state index contributed by atoms with van der Waals surface area (Å²) in [7, 11) is 1.58. The first-order chi connectivity index (χ1) is 10.5. The van der Waals surface area contributed by atoms with Crippen LogP contribution in [0.15, 0.2) is 30.3 Å². The summed E-state index contributed by atoms with van der Waals surface area (Å²) >= 11 is 0. The van der Waals surface area contributed by atoms with E-state index in [2.05, 4.69) is 5.32 Å². The number of piperidine rings is 1. The van der Waals surface area contributed by atoms with Crippen molar-refractivity contribution in [2.24, 2.45) is 0 Å². The highest BCUT2D eigenvalue weighted by molar-refractivity contribution is 5.88. The fourth-order valence-electron chi connectivity index (χ4n) is 2.96. The number of aliphatic hydroxyl groups is 1. The number of hydrogen-bond donors (Lipinski definition) is 2. The lowest BCUT2D eigenvalue weighted by molar-refractivity contribution is -0.145. The Kier molecular flexibility index (Phi) is 5.19. The summed E-state index contributed by atoms with van der Waals surface area (Å²) in [6.07, 6.45) is 2.49. The number of likely N-dealkylation sites (tertiary alicyclic amines) is 1. The lowest BCUT2D eigenvalue weighted by Gasteiger charge is -2.36. The summed E-state index contributed by atoms with van der Waals surface area (Å²) < 4.78 is 0. The molecule has 1 aromatic carbocycles. The minimum atomic E-state index is -1.23. The summed E-state index contributed by atoms with van der Waals surface area (Å²) in [5, 5.41) is 13.2. The van der Waals surface area contributed by atoms with Gasteiger partial charge in [-0.25, -0.2) is 0 Å². The predicted octanol–water partition coefficient (Wildman–Crippen LogP) is 1.41. The van der Waals surface area contributed by atoms with Crippen molar-refractivity contribution in [3.05, 3.63) is 35.9 Å². The molecule has 0 bridgehead atoms. The molecule has 0 aromatic heterocycles. The Morgan fingerprint density at radius 1 is 1.32 bits per heavy atom. The maximum absolute atomic E-state index is 12.6. The van der Waals surface area contributed by atoms with Crippen LogP contribution in [0.4, 0.5) is 0 Å². The van der Waals surface area contributed by atoms with E-state index in [1.54, 1.807) is 31.0 Å². The maximum atomic E-state index is 12.6. The summed E-state index contributed by atoms with van der Waals surface area (Å²) in [5.41, 5.74) is -0.528. The van der Waals surface area contributed by atoms with Crippen molar-refractivity contribution < 1.29 is 14.7 Å². The van der Waals surface area contributed by atoms with Crippen LogP contribution in [0.5, 0.6) is 0 Å². The molecule has 2 unspecified atom stereocenters. The first-order valence-corrected chi connectivity index (χ1v) is 7.74. The number of nitrogens with zero attached hydrogens (tertiary/aromatic N) is 1. The fraction of sp³-hybridized carbons (Fsp3) is 0.529. The van der Waals surface area contributed by atoms with Gasteiger partial charge >= 0.3 is 0 Å². The van der Waals surface area contributed by atoms with Gasteiger partial charge in [-0.3, -0.25) is 9.59 Å². The van der Waals surface area contributed by atoms with Crippen molar-refractivity contribution in [1.29, 1.82) is 0 Å². The predicted molar refractivity (Wildman–Crippen MR) is 84.0 cm³/mol. The van der Waals surface area contributed by atoms with Crippen LogP contribution in [0.1, 0.15) is 38.2 Å². The minimum absolute atomic E-state index is 0.0233. The quantitative estimate of drug-likeness (QED) is 0.883. The molecule has 120 valence electrons. The average Bonchev–Trinajstić information content (AvgIpc) is 2.54. The van der Waals surface area contributed by atoms with Crippen LogP contribution in [0, 0.1) is 0 Å². The van der Waals surface area contributed by atoms with Gasteiger partial charge in [-0.05, 0) is 31.7 Å². The van der Waals surface area contributed by atoms with Crippen molar-refractivity contribution in [3.8, 4) is 0 Å². The van der Waals surface area contributed by atoms with Crippen molar-refractivity contribution in [2.45, 2.75) is 44.2 Å². The van der Waals surface area contributed by atoms with Crippen LogP contribution >= 0.6 is 0 Å². The highest BCUT2D eigenvalue weighted by Crippen LogP contribution is 2.27. The van der Waals surface area contributed by atoms with Gasteiger partial charge in [0.1, 0.15) is 6.04 Å². The molecule has 5 nitrogen and oxygen atoms in total. The maximum Gasteiger partial charge on any atom is 0.242 e. The monoisotopic (exact) mass is 304 g/mol. The zero-order valence-electron chi connectivity index (χ0n) is 13.2. The molecule has 1 heterocycles. The van der Waals surface area contributed by atoms with E-state index >= 15 is 0 Å². The van der Waals surface area contributed by atoms with E-state index in [0.717, 1.165) is 12.8 Å². The Labute approximate surface area is 131 Å². The van der Waals surface area contributed by atoms with Gasteiger partial charge in [-0.2, -0.15) is 0 Å². The molecule has 2 amide bonds. The smallest absolute Gasteiger partial charge is 0.242 e. The van der Waals surface area contributed by atoms with E-state index in [1.165, 1.54) is 0 Å². The first-order valence-electron chi connectivity index (χ1n) is 7.74. The Hall–Kier alpha value is -1.88. The molecule has 2 atom stereocenters. The standard InChI is InChI=1S/C17H24N2O3/c1-17(22,13-8-4-3-5-9-13)12-15(20)19-11-7-6-10-14(19)16(21)18-2/h3-5,8-9,14,22H,6-7,10-12H2,1-2H3,(H,18,21). The zero-order valence-corrected chi connectivity index (χ0v) is 13.2. The van der Waals surface area contributed by atoms with Crippen molar-refractivity contribution in [1.82, 2.24) is 10.2 Å². The normalized spacial score (nSPS) is 21.0. The Balaban J connectivity index is 2.11. The number of hydrogen-bond acceptors (Lipinski definition) is 3. The van der Waals surface area contributed by atoms with Crippen LogP contribution in [-0.4, -0.2) is 41.5 Å². The van der Waals surface area contributed by atoms with Crippen LogP contribution < -0.4 is 5.32 Å². The van der Waals surface area contributed by atoms with E-state index < -0.39 is 11.6 Å². The molecule has 1 saturated heterocycles. The summed E-state index contributed by atoms with van der Waals surface area (Å²) in [6.45, 7) is 2.21. The number of amides is 2. The molecule has 1 fully saturated rings. The molecule has 1 aromatic rings. The van der Waals surface area contributed by atoms with Gasteiger partial charge in [0.15, 0.2) is 0 Å². The van der Waals surface area contributed by atoms with Gasteiger partial charge in [0.25, 0.3) is 0 Å². The van der Waals surface area contributed by atoms with E-state index in [0.29, 0.717) is 18.5 Å². The Bertz CT molecular complexity index is 528. The molecule has 1 aliphatic heterocycles. The van der Waals surface area contributed by atoms with Gasteiger partial charge < -0.3 is 15.3 Å². The van der Waals surface area contributed by atoms with Gasteiger partial charge in [0, 0.05) is 13.6 Å². The number of nitrogens with one attached hydrogen (secondary N) is 1. The van der Waals surface area contributed by atoms with E-state index in [1.807, 2.05) is 18.2 Å². The summed E-state index contributed by atoms with van der Waals surface area (Å²) in [4.78, 5) is 26.2. The molecule has 1 aliphatic rings. The van der Waals surface area contributed by atoms with Gasteiger partial charge in [-0.15, -0.1) is 0 Å². The highest BCUT2D eigenvalue weighted by atomic mass is 16.3. The van der Waals surface area contributed by atoms with Crippen LogP contribution in [0.3, 0.4) is 0 Å². The first kappa shape index (κ1) is 16.5. The second-order valence-corrected chi connectivity index (χ2v) is 6.03. The molecule has 0 saturated carbocycles. The number of benzene rings is 1. The largest absolute Gasteiger partial charge is 0.385 e. The second kappa shape index (κ2) is 6.92. The minimum Gasteiger partial charge on any atom is -0.385 e. The second-order valence-electron chi connectivity index (χ2n) is 6.03. The van der Waals surface area contributed by atoms with Crippen LogP contribution in [0.25, 0.3) is 0 Å². The Morgan fingerprint density at radius 2 is 2.00 bits per heavy atom. The highest BCUT2D eigenvalue weighted by Gasteiger charge is 2.35. The lowest BCUT2D eigenvalue weighted by Crippen LogP contribution is -2.52. The third-order valence-electron chi connectivity index (χ3n) is 4.26. The number of carbonyl (C=O) groups is 2. The van der Waals surface area contributed by atoms with E-state index in [9.17, 15) is 14.7 Å². The third-order valence-corrected chi connectivity index (χ3v) is 4.26. The molecule has 5 heteroatoms. The molecule has 2 N–H and O–H groups in total. The van der Waals surface area contributed by atoms with Crippen molar-refractivity contribution in [2.75, 3.05) is 13.6 Å². The molecular formula is C17H24N2O3. The van der Waals surface area contributed by atoms with Crippen molar-refractivity contribution >= 4 is 11.8 Å². The number of carbonyl (C=O) groups excluding carboxylic acids is 2. The van der Waals surface area contributed by atoms with Crippen LogP contribution in [0.2, 0.25) is 0 Å².